The average molecular weight is 545 g/mol. The van der Waals surface area contributed by atoms with E-state index in [2.05, 4.69) is 0 Å². The Morgan fingerprint density at radius 3 is 2.15 bits per heavy atom. The van der Waals surface area contributed by atoms with Crippen LogP contribution in [0.4, 0.5) is 11.4 Å². The Morgan fingerprint density at radius 1 is 0.875 bits per heavy atom. The molecule has 40 heavy (non-hydrogen) atoms. The molecular weight excluding hydrogens is 520 g/mol. The lowest BCUT2D eigenvalue weighted by atomic mass is 9.86. The number of fused-ring (bicyclic) bond motifs is 1. The van der Waals surface area contributed by atoms with E-state index in [1.807, 2.05) is 0 Å². The van der Waals surface area contributed by atoms with Gasteiger partial charge in [-0.3, -0.25) is 29.3 Å². The number of methoxy groups -OCH3 is 2. The maximum atomic E-state index is 14.0. The molecule has 4 atom stereocenters. The number of imide groups is 1. The molecule has 4 amide bonds. The van der Waals surface area contributed by atoms with Gasteiger partial charge in [0, 0.05) is 17.7 Å². The summed E-state index contributed by atoms with van der Waals surface area (Å²) in [6, 6.07) is 15.4. The second-order valence-electron chi connectivity index (χ2n) is 9.35. The van der Waals surface area contributed by atoms with E-state index in [9.17, 15) is 29.3 Å². The van der Waals surface area contributed by atoms with Crippen molar-refractivity contribution >= 4 is 35.0 Å². The van der Waals surface area contributed by atoms with Crippen molar-refractivity contribution in [3.63, 3.8) is 0 Å². The number of nitro groups is 1. The molecule has 0 aliphatic carbocycles. The normalized spacial score (nSPS) is 21.8. The first-order valence-electron chi connectivity index (χ1n) is 12.2. The molecule has 2 saturated heterocycles. The maximum absolute atomic E-state index is 14.0. The van der Waals surface area contributed by atoms with Crippen molar-refractivity contribution in [1.29, 1.82) is 0 Å². The molecule has 0 bridgehead atoms. The first kappa shape index (κ1) is 26.4. The standard InChI is InChI=1S/C28H24N4O8/c1-39-19-11-9-15(10-12-19)23-21-22(28(36)30(27(21)35)17-6-4-7-18(14-17)32(37)38)24(25(29)33)31(23)26(34)16-5-3-8-20(13-16)40-2/h3-14,21-24H,1-2H3,(H2,29,33). The van der Waals surface area contributed by atoms with Crippen molar-refractivity contribution < 1.29 is 33.6 Å². The van der Waals surface area contributed by atoms with Gasteiger partial charge in [0.2, 0.25) is 17.7 Å². The van der Waals surface area contributed by atoms with E-state index >= 15 is 0 Å². The minimum Gasteiger partial charge on any atom is -0.497 e. The lowest BCUT2D eigenvalue weighted by Gasteiger charge is -2.32. The molecule has 2 fully saturated rings. The zero-order chi connectivity index (χ0) is 28.7. The van der Waals surface area contributed by atoms with Crippen LogP contribution in [-0.2, 0) is 14.4 Å². The van der Waals surface area contributed by atoms with Crippen LogP contribution in [0.2, 0.25) is 0 Å². The SMILES string of the molecule is COc1ccc(C2C3C(=O)N(c4cccc([N+](=O)[O-])c4)C(=O)C3C(C(N)=O)N2C(=O)c2cccc(OC)c2)cc1. The number of ether oxygens (including phenoxy) is 2. The van der Waals surface area contributed by atoms with Crippen molar-refractivity contribution in [3.05, 3.63) is 94.0 Å². The van der Waals surface area contributed by atoms with Crippen LogP contribution in [-0.4, -0.2) is 53.7 Å². The molecule has 3 aromatic rings. The Hall–Kier alpha value is -5.26. The Bertz CT molecular complexity index is 1540. The molecule has 2 aliphatic heterocycles. The maximum Gasteiger partial charge on any atom is 0.271 e. The van der Waals surface area contributed by atoms with E-state index in [1.165, 1.54) is 49.5 Å². The first-order valence-corrected chi connectivity index (χ1v) is 12.2. The van der Waals surface area contributed by atoms with E-state index in [0.717, 1.165) is 11.0 Å². The number of benzene rings is 3. The third-order valence-corrected chi connectivity index (χ3v) is 7.28. The van der Waals surface area contributed by atoms with Gasteiger partial charge >= 0.3 is 0 Å². The summed E-state index contributed by atoms with van der Waals surface area (Å²) >= 11 is 0. The number of hydrogen-bond acceptors (Lipinski definition) is 8. The summed E-state index contributed by atoms with van der Waals surface area (Å²) < 4.78 is 10.5. The summed E-state index contributed by atoms with van der Waals surface area (Å²) in [5.74, 6) is -4.67. The molecule has 0 saturated carbocycles. The summed E-state index contributed by atoms with van der Waals surface area (Å²) in [6.45, 7) is 0. The van der Waals surface area contributed by atoms with Crippen LogP contribution in [0.3, 0.4) is 0 Å². The number of amides is 4. The number of hydrogen-bond donors (Lipinski definition) is 1. The largest absolute Gasteiger partial charge is 0.497 e. The Labute approximate surface area is 228 Å². The fraction of sp³-hybridized carbons (Fsp3) is 0.214. The molecule has 3 aromatic carbocycles. The Kier molecular flexibility index (Phi) is 6.68. The molecule has 0 radical (unpaired) electrons. The molecule has 2 heterocycles. The fourth-order valence-electron chi connectivity index (χ4n) is 5.54. The van der Waals surface area contributed by atoms with E-state index in [-0.39, 0.29) is 16.9 Å². The number of carbonyl (C=O) groups is 4. The molecular formula is C28H24N4O8. The first-order chi connectivity index (χ1) is 19.2. The van der Waals surface area contributed by atoms with Gasteiger partial charge in [0.15, 0.2) is 0 Å². The van der Waals surface area contributed by atoms with Gasteiger partial charge in [-0.05, 0) is 42.0 Å². The van der Waals surface area contributed by atoms with Crippen LogP contribution >= 0.6 is 0 Å². The van der Waals surface area contributed by atoms with Gasteiger partial charge in [-0.2, -0.15) is 0 Å². The van der Waals surface area contributed by atoms with E-state index < -0.39 is 52.5 Å². The number of nitrogens with zero attached hydrogens (tertiary/aromatic N) is 3. The van der Waals surface area contributed by atoms with E-state index in [1.54, 1.807) is 36.4 Å². The number of non-ortho nitro benzene ring substituents is 1. The number of primary amides is 1. The number of likely N-dealkylation sites (tertiary alicyclic amines) is 1. The number of rotatable bonds is 7. The summed E-state index contributed by atoms with van der Waals surface area (Å²) in [4.78, 5) is 67.4. The van der Waals surface area contributed by atoms with Crippen molar-refractivity contribution in [3.8, 4) is 11.5 Å². The van der Waals surface area contributed by atoms with Gasteiger partial charge in [0.1, 0.15) is 17.5 Å². The summed E-state index contributed by atoms with van der Waals surface area (Å²) in [5.41, 5.74) is 6.12. The molecule has 0 aromatic heterocycles. The number of anilines is 1. The van der Waals surface area contributed by atoms with Crippen LogP contribution < -0.4 is 20.1 Å². The molecule has 4 unspecified atom stereocenters. The topological polar surface area (TPSA) is 162 Å². The van der Waals surface area contributed by atoms with Crippen LogP contribution in [0.15, 0.2) is 72.8 Å². The number of carbonyl (C=O) groups excluding carboxylic acids is 4. The zero-order valence-corrected chi connectivity index (χ0v) is 21.4. The third kappa shape index (κ3) is 4.19. The zero-order valence-electron chi connectivity index (χ0n) is 21.4. The van der Waals surface area contributed by atoms with Gasteiger partial charge < -0.3 is 20.1 Å². The minimum absolute atomic E-state index is 0.0130. The molecule has 204 valence electrons. The van der Waals surface area contributed by atoms with Crippen molar-refractivity contribution in [2.24, 2.45) is 17.6 Å². The van der Waals surface area contributed by atoms with Crippen LogP contribution in [0, 0.1) is 22.0 Å². The third-order valence-electron chi connectivity index (χ3n) is 7.28. The van der Waals surface area contributed by atoms with Gasteiger partial charge in [0.05, 0.1) is 42.7 Å². The monoisotopic (exact) mass is 544 g/mol. The second-order valence-corrected chi connectivity index (χ2v) is 9.35. The highest BCUT2D eigenvalue weighted by molar-refractivity contribution is 6.24. The van der Waals surface area contributed by atoms with E-state index in [0.29, 0.717) is 17.1 Å². The lowest BCUT2D eigenvalue weighted by Crippen LogP contribution is -2.50. The van der Waals surface area contributed by atoms with Crippen LogP contribution in [0.25, 0.3) is 0 Å². The van der Waals surface area contributed by atoms with Gasteiger partial charge in [-0.15, -0.1) is 0 Å². The summed E-state index contributed by atoms with van der Waals surface area (Å²) in [7, 11) is 2.93. The highest BCUT2D eigenvalue weighted by Crippen LogP contribution is 2.51. The number of nitro benzene ring substituents is 1. The molecule has 0 spiro atoms. The predicted octanol–water partition coefficient (Wildman–Crippen LogP) is 2.47. The van der Waals surface area contributed by atoms with Crippen molar-refractivity contribution in [2.45, 2.75) is 12.1 Å². The minimum atomic E-state index is -1.48. The lowest BCUT2D eigenvalue weighted by molar-refractivity contribution is -0.384. The van der Waals surface area contributed by atoms with Gasteiger partial charge in [-0.1, -0.05) is 24.3 Å². The van der Waals surface area contributed by atoms with E-state index in [4.69, 9.17) is 15.2 Å². The molecule has 2 aliphatic rings. The molecule has 5 rings (SSSR count). The second kappa shape index (κ2) is 10.1. The molecule has 2 N–H and O–H groups in total. The van der Waals surface area contributed by atoms with Gasteiger partial charge in [0.25, 0.3) is 11.6 Å². The highest BCUT2D eigenvalue weighted by atomic mass is 16.6. The molecule has 12 heteroatoms. The summed E-state index contributed by atoms with van der Waals surface area (Å²) in [5, 5.41) is 11.3. The Morgan fingerprint density at radius 2 is 1.52 bits per heavy atom. The van der Waals surface area contributed by atoms with Gasteiger partial charge in [-0.25, -0.2) is 4.90 Å². The van der Waals surface area contributed by atoms with Crippen molar-refractivity contribution in [1.82, 2.24) is 4.90 Å². The quantitative estimate of drug-likeness (QED) is 0.269. The van der Waals surface area contributed by atoms with Crippen LogP contribution in [0.1, 0.15) is 22.0 Å². The molecule has 12 nitrogen and oxygen atoms in total. The van der Waals surface area contributed by atoms with Crippen LogP contribution in [0.5, 0.6) is 11.5 Å². The average Bonchev–Trinajstić information content (AvgIpc) is 3.45. The smallest absolute Gasteiger partial charge is 0.271 e. The van der Waals surface area contributed by atoms with Crippen molar-refractivity contribution in [2.75, 3.05) is 19.1 Å². The highest BCUT2D eigenvalue weighted by Gasteiger charge is 2.65. The Balaban J connectivity index is 1.66. The fourth-order valence-corrected chi connectivity index (χ4v) is 5.54. The number of nitrogens with two attached hydrogens (primary N) is 1. The predicted molar refractivity (Wildman–Crippen MR) is 140 cm³/mol. The summed E-state index contributed by atoms with van der Waals surface area (Å²) in [6.07, 6.45) is 0.